The van der Waals surface area contributed by atoms with Gasteiger partial charge in [-0.2, -0.15) is 0 Å². The van der Waals surface area contributed by atoms with Gasteiger partial charge in [0.2, 0.25) is 0 Å². The first-order valence-corrected chi connectivity index (χ1v) is 7.20. The molecule has 0 bridgehead atoms. The normalized spacial score (nSPS) is 10.7. The lowest BCUT2D eigenvalue weighted by Crippen LogP contribution is -2.13. The van der Waals surface area contributed by atoms with E-state index < -0.39 is 0 Å². The van der Waals surface area contributed by atoms with Gasteiger partial charge >= 0.3 is 0 Å². The summed E-state index contributed by atoms with van der Waals surface area (Å²) in [5.41, 5.74) is 4.00. The Kier molecular flexibility index (Phi) is 3.73. The molecule has 0 aliphatic carbocycles. The van der Waals surface area contributed by atoms with Gasteiger partial charge in [0.05, 0.1) is 6.54 Å². The van der Waals surface area contributed by atoms with Gasteiger partial charge in [-0.25, -0.2) is 0 Å². The van der Waals surface area contributed by atoms with Gasteiger partial charge in [0, 0.05) is 28.4 Å². The van der Waals surface area contributed by atoms with Crippen LogP contribution in [0.1, 0.15) is 22.8 Å². The van der Waals surface area contributed by atoms with Gasteiger partial charge in [-0.3, -0.25) is 4.79 Å². The molecule has 2 N–H and O–H groups in total. The van der Waals surface area contributed by atoms with E-state index in [4.69, 9.17) is 0 Å². The summed E-state index contributed by atoms with van der Waals surface area (Å²) in [6, 6.07) is 16.0. The van der Waals surface area contributed by atoms with E-state index in [9.17, 15) is 4.79 Å². The van der Waals surface area contributed by atoms with Gasteiger partial charge in [-0.15, -0.1) is 0 Å². The van der Waals surface area contributed by atoms with Crippen molar-refractivity contribution in [3.63, 3.8) is 0 Å². The van der Waals surface area contributed by atoms with Crippen LogP contribution in [0.2, 0.25) is 0 Å². The first kappa shape index (κ1) is 13.4. The number of ketones is 1. The number of H-pyrrole nitrogens is 1. The molecule has 0 saturated heterocycles. The molecular weight excluding hydrogens is 260 g/mol. The highest BCUT2D eigenvalue weighted by Crippen LogP contribution is 2.18. The highest BCUT2D eigenvalue weighted by atomic mass is 16.1. The minimum Gasteiger partial charge on any atom is -0.378 e. The van der Waals surface area contributed by atoms with Gasteiger partial charge in [0.25, 0.3) is 0 Å². The fourth-order valence-corrected chi connectivity index (χ4v) is 2.44. The van der Waals surface area contributed by atoms with E-state index in [2.05, 4.69) is 29.4 Å². The number of fused-ring (bicyclic) bond motifs is 1. The van der Waals surface area contributed by atoms with Crippen molar-refractivity contribution < 1.29 is 4.79 Å². The van der Waals surface area contributed by atoms with Crippen LogP contribution in [0.3, 0.4) is 0 Å². The van der Waals surface area contributed by atoms with Crippen LogP contribution >= 0.6 is 0 Å². The van der Waals surface area contributed by atoms with Crippen LogP contribution in [-0.2, 0) is 6.42 Å². The summed E-state index contributed by atoms with van der Waals surface area (Å²) in [5, 5.41) is 4.16. The minimum absolute atomic E-state index is 0.0898. The van der Waals surface area contributed by atoms with Crippen LogP contribution < -0.4 is 5.32 Å². The molecule has 106 valence electrons. The Bertz CT molecular complexity index is 756. The number of hydrogen-bond acceptors (Lipinski definition) is 2. The van der Waals surface area contributed by atoms with Crippen molar-refractivity contribution in [1.82, 2.24) is 4.98 Å². The lowest BCUT2D eigenvalue weighted by atomic mass is 10.1. The average molecular weight is 278 g/mol. The van der Waals surface area contributed by atoms with Crippen molar-refractivity contribution >= 4 is 22.4 Å². The maximum Gasteiger partial charge on any atom is 0.183 e. The minimum atomic E-state index is 0.0898. The summed E-state index contributed by atoms with van der Waals surface area (Å²) in [6.45, 7) is 2.43. The number of anilines is 1. The van der Waals surface area contributed by atoms with Crippen LogP contribution in [0.5, 0.6) is 0 Å². The third kappa shape index (κ3) is 2.82. The molecule has 0 spiro atoms. The predicted octanol–water partition coefficient (Wildman–Crippen LogP) is 4.03. The van der Waals surface area contributed by atoms with E-state index in [-0.39, 0.29) is 5.78 Å². The number of para-hydroxylation sites is 1. The third-order valence-corrected chi connectivity index (χ3v) is 3.70. The standard InChI is InChI=1S/C18H18N2O/c1-2-13-7-9-14(10-8-13)19-12-18(21)16-11-20-17-6-4-3-5-15(16)17/h3-11,19-20H,2,12H2,1H3. The number of Topliss-reactive ketones (excluding diaryl/α,β-unsaturated/α-hetero) is 1. The lowest BCUT2D eigenvalue weighted by molar-refractivity contribution is 0.101. The number of rotatable bonds is 5. The Balaban J connectivity index is 1.71. The zero-order valence-corrected chi connectivity index (χ0v) is 12.0. The topological polar surface area (TPSA) is 44.9 Å². The van der Waals surface area contributed by atoms with E-state index in [0.29, 0.717) is 6.54 Å². The molecule has 0 aliphatic rings. The molecule has 1 aromatic heterocycles. The smallest absolute Gasteiger partial charge is 0.183 e. The second-order valence-corrected chi connectivity index (χ2v) is 5.08. The SMILES string of the molecule is CCc1ccc(NCC(=O)c2c[nH]c3ccccc23)cc1. The van der Waals surface area contributed by atoms with Gasteiger partial charge in [0.1, 0.15) is 0 Å². The zero-order valence-electron chi connectivity index (χ0n) is 12.0. The number of carbonyl (C=O) groups excluding carboxylic acids is 1. The lowest BCUT2D eigenvalue weighted by Gasteiger charge is -2.06. The highest BCUT2D eigenvalue weighted by Gasteiger charge is 2.11. The van der Waals surface area contributed by atoms with Gasteiger partial charge in [0.15, 0.2) is 5.78 Å². The van der Waals surface area contributed by atoms with Crippen LogP contribution in [0.25, 0.3) is 10.9 Å². The number of aryl methyl sites for hydroxylation is 1. The molecule has 0 fully saturated rings. The highest BCUT2D eigenvalue weighted by molar-refractivity contribution is 6.09. The Morgan fingerprint density at radius 1 is 1.10 bits per heavy atom. The summed E-state index contributed by atoms with van der Waals surface area (Å²) in [4.78, 5) is 15.5. The van der Waals surface area contributed by atoms with E-state index in [1.54, 1.807) is 6.20 Å². The molecule has 0 radical (unpaired) electrons. The summed E-state index contributed by atoms with van der Waals surface area (Å²) in [5.74, 6) is 0.0898. The molecule has 2 aromatic carbocycles. The molecule has 3 aromatic rings. The molecule has 21 heavy (non-hydrogen) atoms. The third-order valence-electron chi connectivity index (χ3n) is 3.70. The average Bonchev–Trinajstić information content (AvgIpc) is 2.97. The van der Waals surface area contributed by atoms with Crippen molar-refractivity contribution in [2.75, 3.05) is 11.9 Å². The van der Waals surface area contributed by atoms with E-state index in [0.717, 1.165) is 28.6 Å². The summed E-state index contributed by atoms with van der Waals surface area (Å²) >= 11 is 0. The molecular formula is C18H18N2O. The first-order chi connectivity index (χ1) is 10.3. The van der Waals surface area contributed by atoms with Gasteiger partial charge in [-0.1, -0.05) is 37.3 Å². The van der Waals surface area contributed by atoms with Crippen LogP contribution in [0, 0.1) is 0 Å². The summed E-state index contributed by atoms with van der Waals surface area (Å²) < 4.78 is 0. The molecule has 3 nitrogen and oxygen atoms in total. The fourth-order valence-electron chi connectivity index (χ4n) is 2.44. The Labute approximate surface area is 124 Å². The van der Waals surface area contributed by atoms with E-state index >= 15 is 0 Å². The molecule has 0 saturated carbocycles. The maximum atomic E-state index is 12.3. The van der Waals surface area contributed by atoms with Crippen molar-refractivity contribution in [2.45, 2.75) is 13.3 Å². The second-order valence-electron chi connectivity index (χ2n) is 5.08. The first-order valence-electron chi connectivity index (χ1n) is 7.20. The van der Waals surface area contributed by atoms with Gasteiger partial charge < -0.3 is 10.3 Å². The Morgan fingerprint density at radius 2 is 1.86 bits per heavy atom. The fraction of sp³-hybridized carbons (Fsp3) is 0.167. The predicted molar refractivity (Wildman–Crippen MR) is 86.9 cm³/mol. The number of nitrogens with one attached hydrogen (secondary N) is 2. The van der Waals surface area contributed by atoms with Crippen molar-refractivity contribution in [2.24, 2.45) is 0 Å². The summed E-state index contributed by atoms with van der Waals surface area (Å²) in [6.07, 6.45) is 2.81. The van der Waals surface area contributed by atoms with Crippen molar-refractivity contribution in [3.05, 3.63) is 65.9 Å². The molecule has 0 atom stereocenters. The molecule has 0 unspecified atom stereocenters. The van der Waals surface area contributed by atoms with Crippen LogP contribution in [0.4, 0.5) is 5.69 Å². The quantitative estimate of drug-likeness (QED) is 0.692. The van der Waals surface area contributed by atoms with Crippen molar-refractivity contribution in [3.8, 4) is 0 Å². The maximum absolute atomic E-state index is 12.3. The van der Waals surface area contributed by atoms with Crippen molar-refractivity contribution in [1.29, 1.82) is 0 Å². The number of aromatic nitrogens is 1. The van der Waals surface area contributed by atoms with E-state index in [1.807, 2.05) is 36.4 Å². The molecule has 3 heteroatoms. The number of carbonyl (C=O) groups is 1. The number of benzene rings is 2. The van der Waals surface area contributed by atoms with Gasteiger partial charge in [-0.05, 0) is 30.2 Å². The molecule has 0 amide bonds. The largest absolute Gasteiger partial charge is 0.378 e. The van der Waals surface area contributed by atoms with Crippen LogP contribution in [0.15, 0.2) is 54.7 Å². The van der Waals surface area contributed by atoms with Crippen LogP contribution in [-0.4, -0.2) is 17.3 Å². The number of aromatic amines is 1. The number of hydrogen-bond donors (Lipinski definition) is 2. The monoisotopic (exact) mass is 278 g/mol. The summed E-state index contributed by atoms with van der Waals surface area (Å²) in [7, 11) is 0. The molecule has 1 heterocycles. The Hall–Kier alpha value is -2.55. The Morgan fingerprint density at radius 3 is 2.62 bits per heavy atom. The zero-order chi connectivity index (χ0) is 14.7. The van der Waals surface area contributed by atoms with E-state index in [1.165, 1.54) is 5.56 Å². The molecule has 0 aliphatic heterocycles. The molecule has 3 rings (SSSR count). The second kappa shape index (κ2) is 5.83.